The number of carbonyl (C=O) groups is 1. The molecule has 0 fully saturated rings. The van der Waals surface area contributed by atoms with Gasteiger partial charge >= 0.3 is 0 Å². The minimum Gasteiger partial charge on any atom is -0.347 e. The molecule has 24 heavy (non-hydrogen) atoms. The number of carbonyl (C=O) groups excluding carboxylic acids is 1. The number of benzene rings is 1. The van der Waals surface area contributed by atoms with E-state index in [9.17, 15) is 13.2 Å². The van der Waals surface area contributed by atoms with Gasteiger partial charge in [-0.2, -0.15) is 0 Å². The van der Waals surface area contributed by atoms with Crippen molar-refractivity contribution in [3.05, 3.63) is 47.0 Å². The summed E-state index contributed by atoms with van der Waals surface area (Å²) in [6.07, 6.45) is 4.78. The van der Waals surface area contributed by atoms with E-state index in [-0.39, 0.29) is 16.8 Å². The number of fused-ring (bicyclic) bond motifs is 1. The molecule has 0 aliphatic carbocycles. The Bertz CT molecular complexity index is 900. The van der Waals surface area contributed by atoms with Crippen LogP contribution in [0, 0.1) is 13.8 Å². The molecule has 0 spiro atoms. The van der Waals surface area contributed by atoms with Gasteiger partial charge in [0.05, 0.1) is 10.6 Å². The quantitative estimate of drug-likeness (QED) is 0.915. The highest BCUT2D eigenvalue weighted by molar-refractivity contribution is 7.90. The van der Waals surface area contributed by atoms with E-state index < -0.39 is 9.84 Å². The summed E-state index contributed by atoms with van der Waals surface area (Å²) < 4.78 is 25.5. The van der Waals surface area contributed by atoms with Gasteiger partial charge in [-0.05, 0) is 38.0 Å². The fraction of sp³-hybridized carbons (Fsp3) is 0.412. The van der Waals surface area contributed by atoms with Gasteiger partial charge in [-0.1, -0.05) is 6.07 Å². The second-order valence-electron chi connectivity index (χ2n) is 6.41. The predicted octanol–water partition coefficient (Wildman–Crippen LogP) is 1.65. The number of nitrogens with one attached hydrogen (secondary N) is 1. The van der Waals surface area contributed by atoms with Crippen molar-refractivity contribution >= 4 is 15.7 Å². The zero-order chi connectivity index (χ0) is 17.5. The summed E-state index contributed by atoms with van der Waals surface area (Å²) in [4.78, 5) is 17.2. The van der Waals surface area contributed by atoms with E-state index >= 15 is 0 Å². The van der Waals surface area contributed by atoms with E-state index in [0.717, 1.165) is 36.2 Å². The molecular weight excluding hydrogens is 326 g/mol. The van der Waals surface area contributed by atoms with Crippen LogP contribution in [-0.4, -0.2) is 36.2 Å². The van der Waals surface area contributed by atoms with Crippen LogP contribution in [0.3, 0.4) is 0 Å². The molecule has 1 aromatic carbocycles. The van der Waals surface area contributed by atoms with E-state index in [0.29, 0.717) is 12.1 Å². The Morgan fingerprint density at radius 1 is 1.33 bits per heavy atom. The van der Waals surface area contributed by atoms with Crippen molar-refractivity contribution in [2.45, 2.75) is 44.2 Å². The molecule has 1 aliphatic rings. The molecule has 1 N–H and O–H groups in total. The lowest BCUT2D eigenvalue weighted by atomic mass is 10.0. The van der Waals surface area contributed by atoms with Crippen molar-refractivity contribution in [2.24, 2.45) is 0 Å². The normalized spacial score (nSPS) is 17.4. The number of hydrogen-bond donors (Lipinski definition) is 1. The maximum atomic E-state index is 12.6. The molecule has 2 aromatic rings. The minimum absolute atomic E-state index is 0.0138. The Morgan fingerprint density at radius 3 is 2.79 bits per heavy atom. The zero-order valence-corrected chi connectivity index (χ0v) is 14.9. The van der Waals surface area contributed by atoms with Crippen molar-refractivity contribution in [3.8, 4) is 0 Å². The summed E-state index contributed by atoms with van der Waals surface area (Å²) in [7, 11) is -3.34. The number of rotatable bonds is 3. The molecule has 0 saturated carbocycles. The summed E-state index contributed by atoms with van der Waals surface area (Å²) in [6, 6.07) is 4.67. The molecule has 128 valence electrons. The third-order valence-electron chi connectivity index (χ3n) is 4.33. The van der Waals surface area contributed by atoms with Gasteiger partial charge in [-0.3, -0.25) is 4.79 Å². The Kier molecular flexibility index (Phi) is 4.21. The monoisotopic (exact) mass is 347 g/mol. The second-order valence-corrected chi connectivity index (χ2v) is 8.42. The number of aromatic nitrogens is 2. The van der Waals surface area contributed by atoms with Crippen LogP contribution in [0.4, 0.5) is 0 Å². The maximum Gasteiger partial charge on any atom is 0.251 e. The lowest BCUT2D eigenvalue weighted by molar-refractivity contribution is 0.0926. The molecule has 1 atom stereocenters. The van der Waals surface area contributed by atoms with Crippen LogP contribution >= 0.6 is 0 Å². The minimum atomic E-state index is -3.34. The number of aryl methyl sites for hydroxylation is 3. The van der Waals surface area contributed by atoms with E-state index in [1.54, 1.807) is 13.0 Å². The highest BCUT2D eigenvalue weighted by atomic mass is 32.2. The number of nitrogens with zero attached hydrogens (tertiary/aromatic N) is 2. The first-order chi connectivity index (χ1) is 11.2. The maximum absolute atomic E-state index is 12.6. The molecule has 0 saturated heterocycles. The van der Waals surface area contributed by atoms with Crippen LogP contribution in [0.15, 0.2) is 29.3 Å². The topological polar surface area (TPSA) is 81.1 Å². The average Bonchev–Trinajstić information content (AvgIpc) is 2.85. The Balaban J connectivity index is 1.78. The summed E-state index contributed by atoms with van der Waals surface area (Å²) in [5, 5.41) is 3.02. The number of hydrogen-bond acceptors (Lipinski definition) is 4. The largest absolute Gasteiger partial charge is 0.347 e. The van der Waals surface area contributed by atoms with Gasteiger partial charge in [0.1, 0.15) is 5.82 Å². The van der Waals surface area contributed by atoms with Gasteiger partial charge in [0.2, 0.25) is 0 Å². The fourth-order valence-electron chi connectivity index (χ4n) is 3.04. The van der Waals surface area contributed by atoms with Gasteiger partial charge in [0.15, 0.2) is 9.84 Å². The molecule has 2 heterocycles. The smallest absolute Gasteiger partial charge is 0.251 e. The van der Waals surface area contributed by atoms with Crippen LogP contribution in [0.5, 0.6) is 0 Å². The van der Waals surface area contributed by atoms with Crippen LogP contribution < -0.4 is 5.32 Å². The van der Waals surface area contributed by atoms with Gasteiger partial charge in [0, 0.05) is 37.0 Å². The molecule has 1 aliphatic heterocycles. The highest BCUT2D eigenvalue weighted by Gasteiger charge is 2.23. The summed E-state index contributed by atoms with van der Waals surface area (Å²) in [5.41, 5.74) is 2.15. The van der Waals surface area contributed by atoms with Crippen LogP contribution in [0.25, 0.3) is 0 Å². The number of amides is 1. The van der Waals surface area contributed by atoms with Gasteiger partial charge in [0.25, 0.3) is 5.91 Å². The lowest BCUT2D eigenvalue weighted by Gasteiger charge is -2.25. The van der Waals surface area contributed by atoms with Gasteiger partial charge in [-0.25, -0.2) is 13.4 Å². The Labute approximate surface area is 141 Å². The number of sulfone groups is 1. The molecule has 0 radical (unpaired) electrons. The van der Waals surface area contributed by atoms with Crippen LogP contribution in [0.1, 0.15) is 33.9 Å². The van der Waals surface area contributed by atoms with Crippen molar-refractivity contribution in [1.82, 2.24) is 14.9 Å². The third kappa shape index (κ3) is 3.36. The Hall–Kier alpha value is -2.15. The molecular formula is C17H21N3O3S. The fourth-order valence-corrected chi connectivity index (χ4v) is 3.69. The molecule has 3 rings (SSSR count). The third-order valence-corrected chi connectivity index (χ3v) is 5.44. The van der Waals surface area contributed by atoms with Crippen LogP contribution in [0.2, 0.25) is 0 Å². The molecule has 0 bridgehead atoms. The van der Waals surface area contributed by atoms with Crippen molar-refractivity contribution in [3.63, 3.8) is 0 Å². The van der Waals surface area contributed by atoms with Crippen molar-refractivity contribution in [2.75, 3.05) is 6.26 Å². The summed E-state index contributed by atoms with van der Waals surface area (Å²) in [6.45, 7) is 4.45. The zero-order valence-electron chi connectivity index (χ0n) is 14.0. The van der Waals surface area contributed by atoms with E-state index in [4.69, 9.17) is 0 Å². The van der Waals surface area contributed by atoms with Crippen molar-refractivity contribution in [1.29, 1.82) is 0 Å². The Morgan fingerprint density at radius 2 is 2.08 bits per heavy atom. The highest BCUT2D eigenvalue weighted by Crippen LogP contribution is 2.18. The molecule has 6 nitrogen and oxygen atoms in total. The first-order valence-electron chi connectivity index (χ1n) is 7.88. The van der Waals surface area contributed by atoms with Crippen molar-refractivity contribution < 1.29 is 13.2 Å². The van der Waals surface area contributed by atoms with Gasteiger partial charge in [-0.15, -0.1) is 0 Å². The molecule has 0 unspecified atom stereocenters. The summed E-state index contributed by atoms with van der Waals surface area (Å²) >= 11 is 0. The number of imidazole rings is 1. The first-order valence-corrected chi connectivity index (χ1v) is 9.77. The molecule has 7 heteroatoms. The standard InChI is InChI=1S/C17H21N3O3S/c1-11-4-6-14(24(3,22)23)8-15(11)17(21)19-13-5-7-16-18-12(2)9-20(16)10-13/h4,6,8-9,13H,5,7,10H2,1-3H3,(H,19,21)/t13-/m1/s1. The van der Waals surface area contributed by atoms with Gasteiger partial charge < -0.3 is 9.88 Å². The second kappa shape index (κ2) is 6.05. The SMILES string of the molecule is Cc1cn2c(n1)CC[C@@H](NC(=O)c1cc(S(C)(=O)=O)ccc1C)C2. The summed E-state index contributed by atoms with van der Waals surface area (Å²) in [5.74, 6) is 0.816. The van der Waals surface area contributed by atoms with E-state index in [1.165, 1.54) is 12.1 Å². The van der Waals surface area contributed by atoms with Crippen LogP contribution in [-0.2, 0) is 22.8 Å². The molecule has 1 aromatic heterocycles. The first kappa shape index (κ1) is 16.7. The average molecular weight is 347 g/mol. The van der Waals surface area contributed by atoms with E-state index in [2.05, 4.69) is 14.9 Å². The van der Waals surface area contributed by atoms with E-state index in [1.807, 2.05) is 13.1 Å². The predicted molar refractivity (Wildman–Crippen MR) is 90.8 cm³/mol. The lowest BCUT2D eigenvalue weighted by Crippen LogP contribution is -2.41. The molecule has 1 amide bonds.